The number of hydrogen-bond acceptors (Lipinski definition) is 5. The van der Waals surface area contributed by atoms with Crippen LogP contribution in [0.25, 0.3) is 26.5 Å². The molecule has 0 aliphatic rings. The lowest BCUT2D eigenvalue weighted by Crippen LogP contribution is -2.18. The molecule has 0 atom stereocenters. The number of aromatic hydroxyl groups is 1. The molecule has 4 aromatic rings. The first-order valence-electron chi connectivity index (χ1n) is 7.04. The van der Waals surface area contributed by atoms with E-state index >= 15 is 0 Å². The summed E-state index contributed by atoms with van der Waals surface area (Å²) in [5.41, 5.74) is 1.43. The molecular formula is C17H10ClN3O2S. The predicted molar refractivity (Wildman–Crippen MR) is 95.1 cm³/mol. The van der Waals surface area contributed by atoms with Gasteiger partial charge in [0.15, 0.2) is 0 Å². The number of fused-ring (bicyclic) bond motifs is 1. The van der Waals surface area contributed by atoms with Gasteiger partial charge in [0.1, 0.15) is 22.6 Å². The number of pyridine rings is 1. The quantitative estimate of drug-likeness (QED) is 0.592. The molecule has 0 bridgehead atoms. The summed E-state index contributed by atoms with van der Waals surface area (Å²) >= 11 is 7.29. The van der Waals surface area contributed by atoms with Crippen LogP contribution in [0.4, 0.5) is 0 Å². The van der Waals surface area contributed by atoms with Crippen molar-refractivity contribution < 1.29 is 5.11 Å². The number of hydrogen-bond donors (Lipinski definition) is 1. The lowest BCUT2D eigenvalue weighted by Gasteiger charge is -2.03. The molecule has 3 aromatic heterocycles. The fourth-order valence-corrected chi connectivity index (χ4v) is 3.52. The third-order valence-corrected chi connectivity index (χ3v) is 4.96. The van der Waals surface area contributed by atoms with Crippen molar-refractivity contribution >= 4 is 33.2 Å². The predicted octanol–water partition coefficient (Wildman–Crippen LogP) is 3.87. The van der Waals surface area contributed by atoms with Crippen molar-refractivity contribution in [3.63, 3.8) is 0 Å². The van der Waals surface area contributed by atoms with Crippen LogP contribution in [-0.2, 0) is 0 Å². The Morgan fingerprint density at radius 1 is 1.08 bits per heavy atom. The standard InChI is InChI=1S/C17H10ClN3O2S/c18-11-3-1-10(2-4-11)14-7-13-16(24-14)17(23)21(9-20-13)15-6-5-12(22)8-19-15/h1-9,22H. The van der Waals surface area contributed by atoms with Crippen LogP contribution in [0.1, 0.15) is 0 Å². The van der Waals surface area contributed by atoms with Gasteiger partial charge in [-0.25, -0.2) is 14.5 Å². The van der Waals surface area contributed by atoms with Crippen LogP contribution in [0.5, 0.6) is 5.75 Å². The van der Waals surface area contributed by atoms with Crippen LogP contribution in [-0.4, -0.2) is 19.6 Å². The first-order valence-corrected chi connectivity index (χ1v) is 8.24. The molecule has 0 saturated carbocycles. The Hall–Kier alpha value is -2.70. The minimum Gasteiger partial charge on any atom is -0.506 e. The Morgan fingerprint density at radius 3 is 2.58 bits per heavy atom. The molecule has 0 fully saturated rings. The van der Waals surface area contributed by atoms with Gasteiger partial charge >= 0.3 is 0 Å². The number of nitrogens with zero attached hydrogens (tertiary/aromatic N) is 3. The van der Waals surface area contributed by atoms with Gasteiger partial charge in [0.25, 0.3) is 5.56 Å². The highest BCUT2D eigenvalue weighted by Crippen LogP contribution is 2.31. The fraction of sp³-hybridized carbons (Fsp3) is 0. The monoisotopic (exact) mass is 355 g/mol. The summed E-state index contributed by atoms with van der Waals surface area (Å²) in [4.78, 5) is 22.1. The molecular weight excluding hydrogens is 346 g/mol. The SMILES string of the molecule is O=c1c2sc(-c3ccc(Cl)cc3)cc2ncn1-c1ccc(O)cn1. The maximum Gasteiger partial charge on any atom is 0.277 e. The van der Waals surface area contributed by atoms with E-state index in [1.807, 2.05) is 30.3 Å². The molecule has 0 spiro atoms. The highest BCUT2D eigenvalue weighted by Gasteiger charge is 2.12. The highest BCUT2D eigenvalue weighted by molar-refractivity contribution is 7.22. The molecule has 1 N–H and O–H groups in total. The summed E-state index contributed by atoms with van der Waals surface area (Å²) in [6.07, 6.45) is 2.74. The van der Waals surface area contributed by atoms with E-state index in [1.54, 1.807) is 6.07 Å². The Kier molecular flexibility index (Phi) is 3.55. The molecule has 3 heterocycles. The van der Waals surface area contributed by atoms with E-state index in [0.29, 0.717) is 21.1 Å². The Balaban J connectivity index is 1.86. The van der Waals surface area contributed by atoms with Crippen LogP contribution in [0.3, 0.4) is 0 Å². The molecule has 0 amide bonds. The maximum absolute atomic E-state index is 12.7. The molecule has 0 unspecified atom stereocenters. The largest absolute Gasteiger partial charge is 0.506 e. The summed E-state index contributed by atoms with van der Waals surface area (Å²) in [7, 11) is 0. The van der Waals surface area contributed by atoms with Crippen molar-refractivity contribution in [3.8, 4) is 22.0 Å². The molecule has 4 rings (SSSR count). The number of halogens is 1. The second kappa shape index (κ2) is 5.74. The fourth-order valence-electron chi connectivity index (χ4n) is 2.35. The van der Waals surface area contributed by atoms with Gasteiger partial charge in [0.2, 0.25) is 0 Å². The molecule has 7 heteroatoms. The van der Waals surface area contributed by atoms with Crippen molar-refractivity contribution in [1.29, 1.82) is 0 Å². The zero-order chi connectivity index (χ0) is 16.7. The molecule has 24 heavy (non-hydrogen) atoms. The van der Waals surface area contributed by atoms with Gasteiger partial charge in [-0.05, 0) is 35.9 Å². The van der Waals surface area contributed by atoms with Crippen molar-refractivity contribution in [2.24, 2.45) is 0 Å². The average Bonchev–Trinajstić information content (AvgIpc) is 3.02. The number of thiophene rings is 1. The average molecular weight is 356 g/mol. The summed E-state index contributed by atoms with van der Waals surface area (Å²) in [5.74, 6) is 0.454. The van der Waals surface area contributed by atoms with Crippen molar-refractivity contribution in [3.05, 3.63) is 70.4 Å². The lowest BCUT2D eigenvalue weighted by atomic mass is 10.2. The van der Waals surface area contributed by atoms with Gasteiger partial charge in [-0.3, -0.25) is 4.79 Å². The Morgan fingerprint density at radius 2 is 1.88 bits per heavy atom. The van der Waals surface area contributed by atoms with Crippen molar-refractivity contribution in [2.75, 3.05) is 0 Å². The minimum absolute atomic E-state index is 0.0435. The molecule has 0 saturated heterocycles. The van der Waals surface area contributed by atoms with E-state index in [2.05, 4.69) is 9.97 Å². The molecule has 1 aromatic carbocycles. The summed E-state index contributed by atoms with van der Waals surface area (Å²) in [6, 6.07) is 12.4. The summed E-state index contributed by atoms with van der Waals surface area (Å²) in [5, 5.41) is 9.99. The van der Waals surface area contributed by atoms with Gasteiger partial charge in [0, 0.05) is 9.90 Å². The second-order valence-corrected chi connectivity index (χ2v) is 6.61. The van der Waals surface area contributed by atoms with Crippen LogP contribution >= 0.6 is 22.9 Å². The molecule has 5 nitrogen and oxygen atoms in total. The lowest BCUT2D eigenvalue weighted by molar-refractivity contribution is 0.472. The minimum atomic E-state index is -0.191. The zero-order valence-electron chi connectivity index (χ0n) is 12.2. The summed E-state index contributed by atoms with van der Waals surface area (Å²) in [6.45, 7) is 0. The van der Waals surface area contributed by atoms with Gasteiger partial charge in [-0.1, -0.05) is 23.7 Å². The number of aromatic nitrogens is 3. The molecule has 0 aliphatic heterocycles. The smallest absolute Gasteiger partial charge is 0.277 e. The van der Waals surface area contributed by atoms with Crippen LogP contribution in [0, 0.1) is 0 Å². The van der Waals surface area contributed by atoms with E-state index in [-0.39, 0.29) is 11.3 Å². The highest BCUT2D eigenvalue weighted by atomic mass is 35.5. The number of rotatable bonds is 2. The van der Waals surface area contributed by atoms with Gasteiger partial charge in [0.05, 0.1) is 11.7 Å². The molecule has 118 valence electrons. The van der Waals surface area contributed by atoms with E-state index in [9.17, 15) is 9.90 Å². The number of benzene rings is 1. The maximum atomic E-state index is 12.7. The Bertz CT molecular complexity index is 1090. The van der Waals surface area contributed by atoms with Crippen LogP contribution < -0.4 is 5.56 Å². The summed E-state index contributed by atoms with van der Waals surface area (Å²) < 4.78 is 1.92. The van der Waals surface area contributed by atoms with Crippen molar-refractivity contribution in [2.45, 2.75) is 0 Å². The van der Waals surface area contributed by atoms with Crippen LogP contribution in [0.2, 0.25) is 5.02 Å². The molecule has 0 aliphatic carbocycles. The normalized spacial score (nSPS) is 11.0. The van der Waals surface area contributed by atoms with E-state index < -0.39 is 0 Å². The second-order valence-electron chi connectivity index (χ2n) is 5.13. The van der Waals surface area contributed by atoms with Crippen LogP contribution in [0.15, 0.2) is 59.8 Å². The Labute approximate surface area is 145 Å². The third kappa shape index (κ3) is 2.55. The molecule has 0 radical (unpaired) electrons. The van der Waals surface area contributed by atoms with Gasteiger partial charge < -0.3 is 5.11 Å². The first-order chi connectivity index (χ1) is 11.6. The van der Waals surface area contributed by atoms with Crippen molar-refractivity contribution in [1.82, 2.24) is 14.5 Å². The topological polar surface area (TPSA) is 68.0 Å². The van der Waals surface area contributed by atoms with E-state index in [0.717, 1.165) is 10.4 Å². The van der Waals surface area contributed by atoms with Gasteiger partial charge in [-0.2, -0.15) is 0 Å². The first kappa shape index (κ1) is 14.9. The zero-order valence-corrected chi connectivity index (χ0v) is 13.8. The third-order valence-electron chi connectivity index (χ3n) is 3.55. The van der Waals surface area contributed by atoms with E-state index in [1.165, 1.54) is 34.5 Å². The van der Waals surface area contributed by atoms with E-state index in [4.69, 9.17) is 11.6 Å². The van der Waals surface area contributed by atoms with Gasteiger partial charge in [-0.15, -0.1) is 11.3 Å².